The SMILES string of the molecule is CC(=O)NCCc1nc2ccccc2n1CCOc1cc(C)ccc1C(C)C. The van der Waals surface area contributed by atoms with Crippen LogP contribution in [0.4, 0.5) is 0 Å². The van der Waals surface area contributed by atoms with E-state index < -0.39 is 0 Å². The average molecular weight is 380 g/mol. The van der Waals surface area contributed by atoms with Gasteiger partial charge in [-0.15, -0.1) is 0 Å². The Balaban J connectivity index is 1.76. The van der Waals surface area contributed by atoms with Crippen molar-refractivity contribution in [3.63, 3.8) is 0 Å². The number of para-hydroxylation sites is 2. The predicted octanol–water partition coefficient (Wildman–Crippen LogP) is 4.23. The van der Waals surface area contributed by atoms with Gasteiger partial charge in [0.25, 0.3) is 0 Å². The highest BCUT2D eigenvalue weighted by Gasteiger charge is 2.12. The second-order valence-corrected chi connectivity index (χ2v) is 7.45. The van der Waals surface area contributed by atoms with E-state index in [2.05, 4.69) is 54.9 Å². The number of imidazole rings is 1. The van der Waals surface area contributed by atoms with Crippen LogP contribution < -0.4 is 10.1 Å². The lowest BCUT2D eigenvalue weighted by Crippen LogP contribution is -2.24. The number of ether oxygens (including phenoxy) is 1. The lowest BCUT2D eigenvalue weighted by atomic mass is 10.0. The fourth-order valence-corrected chi connectivity index (χ4v) is 3.41. The highest BCUT2D eigenvalue weighted by Crippen LogP contribution is 2.27. The molecule has 0 aliphatic carbocycles. The first kappa shape index (κ1) is 19.9. The Kier molecular flexibility index (Phi) is 6.34. The number of nitrogens with one attached hydrogen (secondary N) is 1. The molecule has 3 rings (SSSR count). The largest absolute Gasteiger partial charge is 0.491 e. The molecule has 0 atom stereocenters. The molecule has 5 heteroatoms. The van der Waals surface area contributed by atoms with Crippen molar-refractivity contribution in [2.75, 3.05) is 13.2 Å². The van der Waals surface area contributed by atoms with Crippen molar-refractivity contribution in [1.82, 2.24) is 14.9 Å². The molecule has 5 nitrogen and oxygen atoms in total. The van der Waals surface area contributed by atoms with Crippen molar-refractivity contribution in [2.24, 2.45) is 0 Å². The number of aromatic nitrogens is 2. The van der Waals surface area contributed by atoms with Crippen molar-refractivity contribution in [3.05, 3.63) is 59.4 Å². The summed E-state index contributed by atoms with van der Waals surface area (Å²) in [5.41, 5.74) is 4.49. The van der Waals surface area contributed by atoms with Gasteiger partial charge in [0.15, 0.2) is 0 Å². The third-order valence-corrected chi connectivity index (χ3v) is 4.82. The molecule has 0 aliphatic heterocycles. The van der Waals surface area contributed by atoms with Crippen LogP contribution in [0.2, 0.25) is 0 Å². The van der Waals surface area contributed by atoms with E-state index in [9.17, 15) is 4.79 Å². The van der Waals surface area contributed by atoms with Gasteiger partial charge in [0.05, 0.1) is 17.6 Å². The number of amides is 1. The van der Waals surface area contributed by atoms with E-state index in [0.29, 0.717) is 32.0 Å². The molecule has 0 unspecified atom stereocenters. The zero-order valence-corrected chi connectivity index (χ0v) is 17.2. The van der Waals surface area contributed by atoms with Gasteiger partial charge in [-0.05, 0) is 42.2 Å². The summed E-state index contributed by atoms with van der Waals surface area (Å²) in [6, 6.07) is 14.5. The summed E-state index contributed by atoms with van der Waals surface area (Å²) in [6.45, 7) is 9.83. The first-order valence-electron chi connectivity index (χ1n) is 9.87. The normalized spacial score (nSPS) is 11.2. The smallest absolute Gasteiger partial charge is 0.216 e. The Labute approximate surface area is 166 Å². The number of fused-ring (bicyclic) bond motifs is 1. The number of rotatable bonds is 8. The van der Waals surface area contributed by atoms with Crippen molar-refractivity contribution < 1.29 is 9.53 Å². The molecule has 1 amide bonds. The van der Waals surface area contributed by atoms with Gasteiger partial charge in [-0.1, -0.05) is 38.1 Å². The number of aryl methyl sites for hydroxylation is 1. The van der Waals surface area contributed by atoms with Gasteiger partial charge in [0.2, 0.25) is 5.91 Å². The molecule has 0 spiro atoms. The summed E-state index contributed by atoms with van der Waals surface area (Å²) in [6.07, 6.45) is 0.690. The molecule has 3 aromatic rings. The number of benzene rings is 2. The molecular formula is C23H29N3O2. The fourth-order valence-electron chi connectivity index (χ4n) is 3.41. The predicted molar refractivity (Wildman–Crippen MR) is 113 cm³/mol. The van der Waals surface area contributed by atoms with E-state index in [-0.39, 0.29) is 5.91 Å². The van der Waals surface area contributed by atoms with Crippen LogP contribution in [0.25, 0.3) is 11.0 Å². The molecule has 0 fully saturated rings. The minimum Gasteiger partial charge on any atom is -0.491 e. The van der Waals surface area contributed by atoms with Crippen LogP contribution in [-0.2, 0) is 17.8 Å². The van der Waals surface area contributed by atoms with Crippen molar-refractivity contribution in [3.8, 4) is 5.75 Å². The van der Waals surface area contributed by atoms with Gasteiger partial charge in [0.1, 0.15) is 18.2 Å². The molecule has 148 valence electrons. The average Bonchev–Trinajstić information content (AvgIpc) is 2.99. The Bertz CT molecular complexity index is 960. The maximum absolute atomic E-state index is 11.2. The van der Waals surface area contributed by atoms with Crippen LogP contribution in [0, 0.1) is 6.92 Å². The summed E-state index contributed by atoms with van der Waals surface area (Å²) < 4.78 is 8.38. The van der Waals surface area contributed by atoms with E-state index in [1.165, 1.54) is 18.1 Å². The second kappa shape index (κ2) is 8.91. The maximum Gasteiger partial charge on any atom is 0.216 e. The van der Waals surface area contributed by atoms with E-state index in [1.54, 1.807) is 0 Å². The summed E-state index contributed by atoms with van der Waals surface area (Å²) >= 11 is 0. The van der Waals surface area contributed by atoms with E-state index in [0.717, 1.165) is 22.6 Å². The van der Waals surface area contributed by atoms with E-state index in [1.807, 2.05) is 18.2 Å². The van der Waals surface area contributed by atoms with Crippen molar-refractivity contribution in [2.45, 2.75) is 46.6 Å². The molecule has 0 saturated heterocycles. The molecule has 1 aromatic heterocycles. The topological polar surface area (TPSA) is 56.2 Å². The van der Waals surface area contributed by atoms with Crippen LogP contribution >= 0.6 is 0 Å². The Hall–Kier alpha value is -2.82. The van der Waals surface area contributed by atoms with Crippen molar-refractivity contribution >= 4 is 16.9 Å². The number of nitrogens with zero attached hydrogens (tertiary/aromatic N) is 2. The first-order valence-corrected chi connectivity index (χ1v) is 9.87. The summed E-state index contributed by atoms with van der Waals surface area (Å²) in [4.78, 5) is 15.9. The van der Waals surface area contributed by atoms with Crippen LogP contribution in [0.1, 0.15) is 43.6 Å². The molecule has 28 heavy (non-hydrogen) atoms. The number of hydrogen-bond acceptors (Lipinski definition) is 3. The molecular weight excluding hydrogens is 350 g/mol. The van der Waals surface area contributed by atoms with Gasteiger partial charge in [-0.3, -0.25) is 4.79 Å². The third-order valence-electron chi connectivity index (χ3n) is 4.82. The van der Waals surface area contributed by atoms with Crippen LogP contribution in [-0.4, -0.2) is 28.6 Å². The van der Waals surface area contributed by atoms with Crippen LogP contribution in [0.3, 0.4) is 0 Å². The van der Waals surface area contributed by atoms with Crippen molar-refractivity contribution in [1.29, 1.82) is 0 Å². The zero-order valence-electron chi connectivity index (χ0n) is 17.2. The van der Waals surface area contributed by atoms with E-state index in [4.69, 9.17) is 9.72 Å². The monoisotopic (exact) mass is 379 g/mol. The van der Waals surface area contributed by atoms with Crippen LogP contribution in [0.15, 0.2) is 42.5 Å². The molecule has 1 N–H and O–H groups in total. The zero-order chi connectivity index (χ0) is 20.1. The summed E-state index contributed by atoms with van der Waals surface area (Å²) in [5.74, 6) is 2.32. The summed E-state index contributed by atoms with van der Waals surface area (Å²) in [7, 11) is 0. The van der Waals surface area contributed by atoms with Crippen LogP contribution in [0.5, 0.6) is 5.75 Å². The van der Waals surface area contributed by atoms with Gasteiger partial charge in [-0.2, -0.15) is 0 Å². The maximum atomic E-state index is 11.2. The Morgan fingerprint density at radius 2 is 2.00 bits per heavy atom. The Morgan fingerprint density at radius 3 is 2.75 bits per heavy atom. The van der Waals surface area contributed by atoms with Gasteiger partial charge in [-0.25, -0.2) is 4.98 Å². The van der Waals surface area contributed by atoms with Gasteiger partial charge >= 0.3 is 0 Å². The van der Waals surface area contributed by atoms with Gasteiger partial charge < -0.3 is 14.6 Å². The molecule has 1 heterocycles. The quantitative estimate of drug-likeness (QED) is 0.637. The second-order valence-electron chi connectivity index (χ2n) is 7.45. The minimum atomic E-state index is -0.0216. The lowest BCUT2D eigenvalue weighted by Gasteiger charge is -2.16. The lowest BCUT2D eigenvalue weighted by molar-refractivity contribution is -0.118. The third kappa shape index (κ3) is 4.71. The number of carbonyl (C=O) groups excluding carboxylic acids is 1. The molecule has 2 aromatic carbocycles. The fraction of sp³-hybridized carbons (Fsp3) is 0.391. The minimum absolute atomic E-state index is 0.0216. The molecule has 0 saturated carbocycles. The molecule has 0 bridgehead atoms. The number of carbonyl (C=O) groups is 1. The highest BCUT2D eigenvalue weighted by molar-refractivity contribution is 5.76. The Morgan fingerprint density at radius 1 is 1.21 bits per heavy atom. The first-order chi connectivity index (χ1) is 13.5. The molecule has 0 aliphatic rings. The van der Waals surface area contributed by atoms with Gasteiger partial charge in [0, 0.05) is 19.9 Å². The number of hydrogen-bond donors (Lipinski definition) is 1. The van der Waals surface area contributed by atoms with E-state index >= 15 is 0 Å². The summed E-state index contributed by atoms with van der Waals surface area (Å²) in [5, 5.41) is 2.85. The molecule has 0 radical (unpaired) electrons. The highest BCUT2D eigenvalue weighted by atomic mass is 16.5. The standard InChI is InChI=1S/C23H29N3O2/c1-16(2)19-10-9-17(3)15-22(19)28-14-13-26-21-8-6-5-7-20(21)25-23(26)11-12-24-18(4)27/h5-10,15-16H,11-14H2,1-4H3,(H,24,27).